The summed E-state index contributed by atoms with van der Waals surface area (Å²) in [5, 5.41) is 8.69. The van der Waals surface area contributed by atoms with Crippen molar-refractivity contribution in [1.82, 2.24) is 20.0 Å². The van der Waals surface area contributed by atoms with Crippen LogP contribution in [-0.4, -0.2) is 46.3 Å². The van der Waals surface area contributed by atoms with Crippen LogP contribution in [0.4, 0.5) is 0 Å². The number of fused-ring (bicyclic) bond motifs is 1. The van der Waals surface area contributed by atoms with Gasteiger partial charge in [0.1, 0.15) is 0 Å². The third-order valence-electron chi connectivity index (χ3n) is 4.04. The molecular formula is C15H20N4O. The Morgan fingerprint density at radius 3 is 3.00 bits per heavy atom. The van der Waals surface area contributed by atoms with Gasteiger partial charge in [0.2, 0.25) is 0 Å². The van der Waals surface area contributed by atoms with Crippen molar-refractivity contribution < 1.29 is 4.79 Å². The van der Waals surface area contributed by atoms with Crippen LogP contribution in [0.25, 0.3) is 10.9 Å². The molecule has 1 aliphatic rings. The number of aromatic nitrogens is 2. The minimum atomic E-state index is 0.0398. The van der Waals surface area contributed by atoms with Gasteiger partial charge in [-0.05, 0) is 26.0 Å². The molecule has 0 saturated carbocycles. The average Bonchev–Trinajstić information content (AvgIpc) is 3.09. The molecule has 2 aromatic rings. The highest BCUT2D eigenvalue weighted by molar-refractivity contribution is 6.04. The Morgan fingerprint density at radius 1 is 1.50 bits per heavy atom. The van der Waals surface area contributed by atoms with E-state index in [1.165, 1.54) is 0 Å². The first kappa shape index (κ1) is 13.1. The Balaban J connectivity index is 1.99. The highest BCUT2D eigenvalue weighted by Crippen LogP contribution is 2.20. The van der Waals surface area contributed by atoms with Gasteiger partial charge in [-0.25, -0.2) is 0 Å². The van der Waals surface area contributed by atoms with Gasteiger partial charge in [0.15, 0.2) is 5.69 Å². The van der Waals surface area contributed by atoms with Crippen LogP contribution in [-0.2, 0) is 7.05 Å². The summed E-state index contributed by atoms with van der Waals surface area (Å²) in [4.78, 5) is 14.8. The first-order valence-corrected chi connectivity index (χ1v) is 7.15. The molecule has 5 heteroatoms. The molecule has 20 heavy (non-hydrogen) atoms. The van der Waals surface area contributed by atoms with Crippen molar-refractivity contribution in [3.63, 3.8) is 0 Å². The van der Waals surface area contributed by atoms with E-state index in [1.807, 2.05) is 43.1 Å². The van der Waals surface area contributed by atoms with E-state index < -0.39 is 0 Å². The maximum Gasteiger partial charge on any atom is 0.275 e. The number of carbonyl (C=O) groups excluding carboxylic acids is 1. The summed E-state index contributed by atoms with van der Waals surface area (Å²) in [6.07, 6.45) is 1.02. The van der Waals surface area contributed by atoms with E-state index in [-0.39, 0.29) is 11.9 Å². The zero-order chi connectivity index (χ0) is 14.1. The standard InChI is InChI=1S/C15H20N4O/c1-3-19(11-8-9-16-10-11)15(20)14-12-6-4-5-7-13(12)18(2)17-14/h4-7,11,16H,3,8-10H2,1-2H3. The number of hydrogen-bond donors (Lipinski definition) is 1. The van der Waals surface area contributed by atoms with E-state index in [2.05, 4.69) is 10.4 Å². The Labute approximate surface area is 118 Å². The number of benzene rings is 1. The summed E-state index contributed by atoms with van der Waals surface area (Å²) in [5.41, 5.74) is 1.56. The molecule has 1 fully saturated rings. The van der Waals surface area contributed by atoms with Crippen LogP contribution < -0.4 is 5.32 Å². The number of para-hydroxylation sites is 1. The fourth-order valence-electron chi connectivity index (χ4n) is 2.98. The second-order valence-corrected chi connectivity index (χ2v) is 5.23. The van der Waals surface area contributed by atoms with Crippen molar-refractivity contribution in [2.45, 2.75) is 19.4 Å². The first-order chi connectivity index (χ1) is 9.72. The maximum atomic E-state index is 12.8. The number of hydrogen-bond acceptors (Lipinski definition) is 3. The lowest BCUT2D eigenvalue weighted by Gasteiger charge is -2.26. The molecule has 1 aromatic carbocycles. The normalized spacial score (nSPS) is 18.6. The van der Waals surface area contributed by atoms with Gasteiger partial charge < -0.3 is 10.2 Å². The van der Waals surface area contributed by atoms with Gasteiger partial charge in [-0.2, -0.15) is 5.10 Å². The lowest BCUT2D eigenvalue weighted by Crippen LogP contribution is -2.41. The molecule has 0 spiro atoms. The summed E-state index contributed by atoms with van der Waals surface area (Å²) >= 11 is 0. The Bertz CT molecular complexity index is 628. The maximum absolute atomic E-state index is 12.8. The Hall–Kier alpha value is -1.88. The molecule has 0 radical (unpaired) electrons. The largest absolute Gasteiger partial charge is 0.333 e. The van der Waals surface area contributed by atoms with Crippen LogP contribution in [0.15, 0.2) is 24.3 Å². The van der Waals surface area contributed by atoms with Crippen molar-refractivity contribution in [1.29, 1.82) is 0 Å². The lowest BCUT2D eigenvalue weighted by molar-refractivity contribution is 0.0699. The van der Waals surface area contributed by atoms with Gasteiger partial charge >= 0.3 is 0 Å². The number of rotatable bonds is 3. The molecular weight excluding hydrogens is 252 g/mol. The molecule has 1 unspecified atom stereocenters. The number of nitrogens with zero attached hydrogens (tertiary/aromatic N) is 3. The van der Waals surface area contributed by atoms with Gasteiger partial charge in [-0.15, -0.1) is 0 Å². The highest BCUT2D eigenvalue weighted by atomic mass is 16.2. The number of aryl methyl sites for hydroxylation is 1. The second-order valence-electron chi connectivity index (χ2n) is 5.23. The fraction of sp³-hybridized carbons (Fsp3) is 0.467. The molecule has 1 amide bonds. The van der Waals surface area contributed by atoms with Gasteiger partial charge in [-0.3, -0.25) is 9.48 Å². The molecule has 1 aliphatic heterocycles. The van der Waals surface area contributed by atoms with Gasteiger partial charge in [-0.1, -0.05) is 18.2 Å². The van der Waals surface area contributed by atoms with Crippen molar-refractivity contribution >= 4 is 16.8 Å². The predicted molar refractivity (Wildman–Crippen MR) is 78.7 cm³/mol. The van der Waals surface area contributed by atoms with E-state index in [0.717, 1.165) is 37.0 Å². The van der Waals surface area contributed by atoms with Gasteiger partial charge in [0.05, 0.1) is 5.52 Å². The van der Waals surface area contributed by atoms with E-state index in [1.54, 1.807) is 4.68 Å². The monoisotopic (exact) mass is 272 g/mol. The van der Waals surface area contributed by atoms with Crippen molar-refractivity contribution in [3.8, 4) is 0 Å². The predicted octanol–water partition coefficient (Wildman–Crippen LogP) is 1.40. The quantitative estimate of drug-likeness (QED) is 0.919. The van der Waals surface area contributed by atoms with Crippen LogP contribution in [0.3, 0.4) is 0 Å². The van der Waals surface area contributed by atoms with Gasteiger partial charge in [0, 0.05) is 31.6 Å². The molecule has 0 aliphatic carbocycles. The highest BCUT2D eigenvalue weighted by Gasteiger charge is 2.28. The van der Waals surface area contributed by atoms with Crippen molar-refractivity contribution in [2.24, 2.45) is 7.05 Å². The van der Waals surface area contributed by atoms with Crippen LogP contribution >= 0.6 is 0 Å². The van der Waals surface area contributed by atoms with Crippen molar-refractivity contribution in [3.05, 3.63) is 30.0 Å². The van der Waals surface area contributed by atoms with E-state index >= 15 is 0 Å². The summed E-state index contributed by atoms with van der Waals surface area (Å²) in [6.45, 7) is 4.61. The van der Waals surface area contributed by atoms with E-state index in [9.17, 15) is 4.79 Å². The Morgan fingerprint density at radius 2 is 2.30 bits per heavy atom. The smallest absolute Gasteiger partial charge is 0.275 e. The SMILES string of the molecule is CCN(C(=O)c1nn(C)c2ccccc12)C1CCNC1. The van der Waals surface area contributed by atoms with E-state index in [0.29, 0.717) is 5.69 Å². The van der Waals surface area contributed by atoms with Crippen molar-refractivity contribution in [2.75, 3.05) is 19.6 Å². The van der Waals surface area contributed by atoms with Crippen LogP contribution in [0.5, 0.6) is 0 Å². The molecule has 1 N–H and O–H groups in total. The summed E-state index contributed by atoms with van der Waals surface area (Å²) in [5.74, 6) is 0.0398. The van der Waals surface area contributed by atoms with Gasteiger partial charge in [0.25, 0.3) is 5.91 Å². The second kappa shape index (κ2) is 5.25. The number of amides is 1. The Kier molecular flexibility index (Phi) is 3.44. The molecule has 5 nitrogen and oxygen atoms in total. The third-order valence-corrected chi connectivity index (χ3v) is 4.04. The average molecular weight is 272 g/mol. The lowest BCUT2D eigenvalue weighted by atomic mass is 10.1. The molecule has 2 heterocycles. The zero-order valence-electron chi connectivity index (χ0n) is 12.0. The first-order valence-electron chi connectivity index (χ1n) is 7.15. The molecule has 106 valence electrons. The number of nitrogens with one attached hydrogen (secondary N) is 1. The molecule has 1 atom stereocenters. The molecule has 3 rings (SSSR count). The summed E-state index contributed by atoms with van der Waals surface area (Å²) < 4.78 is 1.78. The number of carbonyl (C=O) groups is 1. The topological polar surface area (TPSA) is 50.2 Å². The number of likely N-dealkylation sites (N-methyl/N-ethyl adjacent to an activating group) is 1. The fourth-order valence-corrected chi connectivity index (χ4v) is 2.98. The summed E-state index contributed by atoms with van der Waals surface area (Å²) in [7, 11) is 1.88. The minimum Gasteiger partial charge on any atom is -0.333 e. The van der Waals surface area contributed by atoms with Crippen LogP contribution in [0.2, 0.25) is 0 Å². The third kappa shape index (κ3) is 2.08. The molecule has 1 saturated heterocycles. The van der Waals surface area contributed by atoms with Crippen LogP contribution in [0.1, 0.15) is 23.8 Å². The van der Waals surface area contributed by atoms with Crippen LogP contribution in [0, 0.1) is 0 Å². The molecule has 0 bridgehead atoms. The molecule has 1 aromatic heterocycles. The minimum absolute atomic E-state index is 0.0398. The summed E-state index contributed by atoms with van der Waals surface area (Å²) in [6, 6.07) is 8.17. The van der Waals surface area contributed by atoms with E-state index in [4.69, 9.17) is 0 Å². The zero-order valence-corrected chi connectivity index (χ0v) is 12.0.